The third kappa shape index (κ3) is 5.03. The summed E-state index contributed by atoms with van der Waals surface area (Å²) in [6, 6.07) is 16.4. The van der Waals surface area contributed by atoms with Crippen LogP contribution in [0.4, 0.5) is 0 Å². The third-order valence-electron chi connectivity index (χ3n) is 3.41. The number of amides is 1. The van der Waals surface area contributed by atoms with Gasteiger partial charge in [0, 0.05) is 13.6 Å². The second kappa shape index (κ2) is 8.59. The van der Waals surface area contributed by atoms with Gasteiger partial charge in [-0.3, -0.25) is 4.79 Å². The Labute approximate surface area is 142 Å². The van der Waals surface area contributed by atoms with Crippen molar-refractivity contribution in [2.45, 2.75) is 13.5 Å². The van der Waals surface area contributed by atoms with Gasteiger partial charge in [-0.1, -0.05) is 18.2 Å². The lowest BCUT2D eigenvalue weighted by atomic mass is 10.2. The average Bonchev–Trinajstić information content (AvgIpc) is 2.61. The summed E-state index contributed by atoms with van der Waals surface area (Å²) in [4.78, 5) is 13.8. The molecule has 0 atom stereocenters. The SMILES string of the molecule is CCOc1ccc(CN(C)C(=O)COc2cccc(C#N)c2)cc1. The molecule has 0 bridgehead atoms. The first-order chi connectivity index (χ1) is 11.6. The van der Waals surface area contributed by atoms with Crippen LogP contribution in [0.2, 0.25) is 0 Å². The van der Waals surface area contributed by atoms with Gasteiger partial charge in [-0.15, -0.1) is 0 Å². The number of hydrogen-bond donors (Lipinski definition) is 0. The van der Waals surface area contributed by atoms with Crippen molar-refractivity contribution in [3.05, 3.63) is 59.7 Å². The summed E-state index contributed by atoms with van der Waals surface area (Å²) in [5.41, 5.74) is 1.52. The van der Waals surface area contributed by atoms with Crippen molar-refractivity contribution in [1.29, 1.82) is 5.26 Å². The number of benzene rings is 2. The van der Waals surface area contributed by atoms with E-state index in [1.165, 1.54) is 0 Å². The number of likely N-dealkylation sites (N-methyl/N-ethyl adjacent to an activating group) is 1. The van der Waals surface area contributed by atoms with E-state index in [2.05, 4.69) is 0 Å². The number of carbonyl (C=O) groups is 1. The van der Waals surface area contributed by atoms with Crippen molar-refractivity contribution in [1.82, 2.24) is 4.90 Å². The van der Waals surface area contributed by atoms with Crippen LogP contribution in [0.3, 0.4) is 0 Å². The Morgan fingerprint density at radius 3 is 2.54 bits per heavy atom. The number of carbonyl (C=O) groups excluding carboxylic acids is 1. The minimum absolute atomic E-state index is 0.0671. The van der Waals surface area contributed by atoms with Crippen LogP contribution in [0.25, 0.3) is 0 Å². The van der Waals surface area contributed by atoms with Gasteiger partial charge in [-0.2, -0.15) is 5.26 Å². The highest BCUT2D eigenvalue weighted by molar-refractivity contribution is 5.77. The molecule has 0 unspecified atom stereocenters. The first kappa shape index (κ1) is 17.4. The van der Waals surface area contributed by atoms with E-state index >= 15 is 0 Å². The number of rotatable bonds is 7. The Balaban J connectivity index is 1.86. The van der Waals surface area contributed by atoms with E-state index in [1.807, 2.05) is 37.3 Å². The van der Waals surface area contributed by atoms with Crippen molar-refractivity contribution >= 4 is 5.91 Å². The van der Waals surface area contributed by atoms with Crippen molar-refractivity contribution in [3.63, 3.8) is 0 Å². The number of nitrogens with zero attached hydrogens (tertiary/aromatic N) is 2. The van der Waals surface area contributed by atoms with E-state index < -0.39 is 0 Å². The van der Waals surface area contributed by atoms with Crippen molar-refractivity contribution in [3.8, 4) is 17.6 Å². The molecule has 2 aromatic carbocycles. The second-order valence-corrected chi connectivity index (χ2v) is 5.26. The third-order valence-corrected chi connectivity index (χ3v) is 3.41. The minimum Gasteiger partial charge on any atom is -0.494 e. The fourth-order valence-corrected chi connectivity index (χ4v) is 2.13. The highest BCUT2D eigenvalue weighted by Gasteiger charge is 2.10. The molecule has 0 N–H and O–H groups in total. The normalized spacial score (nSPS) is 9.88. The maximum atomic E-state index is 12.2. The number of hydrogen-bond acceptors (Lipinski definition) is 4. The number of ether oxygens (including phenoxy) is 2. The van der Waals surface area contributed by atoms with Gasteiger partial charge >= 0.3 is 0 Å². The van der Waals surface area contributed by atoms with E-state index in [1.54, 1.807) is 36.2 Å². The quantitative estimate of drug-likeness (QED) is 0.785. The molecular weight excluding hydrogens is 304 g/mol. The summed E-state index contributed by atoms with van der Waals surface area (Å²) < 4.78 is 10.9. The van der Waals surface area contributed by atoms with Gasteiger partial charge in [0.1, 0.15) is 11.5 Å². The largest absolute Gasteiger partial charge is 0.494 e. The van der Waals surface area contributed by atoms with E-state index in [0.29, 0.717) is 24.5 Å². The predicted molar refractivity (Wildman–Crippen MR) is 90.7 cm³/mol. The molecule has 0 saturated carbocycles. The Hall–Kier alpha value is -3.00. The van der Waals surface area contributed by atoms with Crippen LogP contribution >= 0.6 is 0 Å². The summed E-state index contributed by atoms with van der Waals surface area (Å²) in [6.45, 7) is 2.99. The van der Waals surface area contributed by atoms with E-state index in [9.17, 15) is 4.79 Å². The van der Waals surface area contributed by atoms with Crippen LogP contribution < -0.4 is 9.47 Å². The van der Waals surface area contributed by atoms with Crippen LogP contribution in [0, 0.1) is 11.3 Å². The van der Waals surface area contributed by atoms with E-state index in [4.69, 9.17) is 14.7 Å². The Morgan fingerprint density at radius 1 is 1.12 bits per heavy atom. The Morgan fingerprint density at radius 2 is 1.88 bits per heavy atom. The maximum Gasteiger partial charge on any atom is 0.260 e. The minimum atomic E-state index is -0.133. The zero-order valence-electron chi connectivity index (χ0n) is 13.9. The molecule has 0 aliphatic carbocycles. The molecule has 0 saturated heterocycles. The summed E-state index contributed by atoms with van der Waals surface area (Å²) in [6.07, 6.45) is 0. The molecule has 124 valence electrons. The predicted octanol–water partition coefficient (Wildman–Crippen LogP) is 2.99. The fourth-order valence-electron chi connectivity index (χ4n) is 2.13. The molecule has 0 fully saturated rings. The number of nitriles is 1. The summed E-state index contributed by atoms with van der Waals surface area (Å²) >= 11 is 0. The summed E-state index contributed by atoms with van der Waals surface area (Å²) in [5, 5.41) is 8.86. The molecule has 0 spiro atoms. The van der Waals surface area contributed by atoms with Gasteiger partial charge in [-0.05, 0) is 42.8 Å². The van der Waals surface area contributed by atoms with Gasteiger partial charge < -0.3 is 14.4 Å². The standard InChI is InChI=1S/C19H20N2O3/c1-3-23-17-9-7-15(8-10-17)13-21(2)19(22)14-24-18-6-4-5-16(11-18)12-20/h4-11H,3,13-14H2,1-2H3. The zero-order chi connectivity index (χ0) is 17.4. The molecule has 0 radical (unpaired) electrons. The molecule has 5 nitrogen and oxygen atoms in total. The van der Waals surface area contributed by atoms with Gasteiger partial charge in [0.2, 0.25) is 0 Å². The molecule has 0 aliphatic rings. The molecule has 2 aromatic rings. The van der Waals surface area contributed by atoms with Crippen LogP contribution in [0.1, 0.15) is 18.1 Å². The Kier molecular flexibility index (Phi) is 6.21. The summed E-state index contributed by atoms with van der Waals surface area (Å²) in [5.74, 6) is 1.19. The molecular formula is C19H20N2O3. The van der Waals surface area contributed by atoms with E-state index in [-0.39, 0.29) is 12.5 Å². The average molecular weight is 324 g/mol. The lowest BCUT2D eigenvalue weighted by molar-refractivity contribution is -0.132. The topological polar surface area (TPSA) is 62.6 Å². The molecule has 0 aliphatic heterocycles. The highest BCUT2D eigenvalue weighted by Crippen LogP contribution is 2.14. The van der Waals surface area contributed by atoms with Crippen LogP contribution in [-0.4, -0.2) is 31.1 Å². The lowest BCUT2D eigenvalue weighted by Crippen LogP contribution is -2.30. The Bertz CT molecular complexity index is 720. The van der Waals surface area contributed by atoms with Gasteiger partial charge in [0.15, 0.2) is 6.61 Å². The maximum absolute atomic E-state index is 12.2. The zero-order valence-corrected chi connectivity index (χ0v) is 13.9. The smallest absolute Gasteiger partial charge is 0.260 e. The van der Waals surface area contributed by atoms with E-state index in [0.717, 1.165) is 11.3 Å². The lowest BCUT2D eigenvalue weighted by Gasteiger charge is -2.18. The van der Waals surface area contributed by atoms with Gasteiger partial charge in [0.05, 0.1) is 18.2 Å². The van der Waals surface area contributed by atoms with Crippen LogP contribution in [0.5, 0.6) is 11.5 Å². The van der Waals surface area contributed by atoms with Crippen LogP contribution in [0.15, 0.2) is 48.5 Å². The van der Waals surface area contributed by atoms with Crippen LogP contribution in [-0.2, 0) is 11.3 Å². The first-order valence-corrected chi connectivity index (χ1v) is 7.71. The molecule has 1 amide bonds. The molecule has 24 heavy (non-hydrogen) atoms. The molecule has 0 aromatic heterocycles. The summed E-state index contributed by atoms with van der Waals surface area (Å²) in [7, 11) is 1.73. The molecule has 2 rings (SSSR count). The monoisotopic (exact) mass is 324 g/mol. The van der Waals surface area contributed by atoms with Crippen molar-refractivity contribution in [2.24, 2.45) is 0 Å². The van der Waals surface area contributed by atoms with Crippen molar-refractivity contribution in [2.75, 3.05) is 20.3 Å². The second-order valence-electron chi connectivity index (χ2n) is 5.26. The fraction of sp³-hybridized carbons (Fsp3) is 0.263. The van der Waals surface area contributed by atoms with Crippen molar-refractivity contribution < 1.29 is 14.3 Å². The first-order valence-electron chi connectivity index (χ1n) is 7.71. The van der Waals surface area contributed by atoms with Gasteiger partial charge in [-0.25, -0.2) is 0 Å². The molecule has 0 heterocycles. The highest BCUT2D eigenvalue weighted by atomic mass is 16.5. The molecule has 5 heteroatoms. The van der Waals surface area contributed by atoms with Gasteiger partial charge in [0.25, 0.3) is 5.91 Å².